The molecular formula is C27H34N4O7S2. The highest BCUT2D eigenvalue weighted by Crippen LogP contribution is 2.37. The number of benzene rings is 2. The third-order valence-corrected chi connectivity index (χ3v) is 10.8. The molecule has 0 bridgehead atoms. The van der Waals surface area contributed by atoms with E-state index in [4.69, 9.17) is 9.47 Å². The molecule has 11 nitrogen and oxygen atoms in total. The zero-order chi connectivity index (χ0) is 28.4. The molecule has 3 heterocycles. The molecule has 1 spiro atoms. The zero-order valence-electron chi connectivity index (χ0n) is 22.2. The highest BCUT2D eigenvalue weighted by Gasteiger charge is 2.44. The van der Waals surface area contributed by atoms with Gasteiger partial charge in [0, 0.05) is 43.3 Å². The Bertz CT molecular complexity index is 1560. The number of hydrogen-bond acceptors (Lipinski definition) is 9. The minimum atomic E-state index is -3.66. The normalized spacial score (nSPS) is 20.6. The van der Waals surface area contributed by atoms with Gasteiger partial charge in [0.25, 0.3) is 0 Å². The number of nitrogens with zero attached hydrogens (tertiary/aromatic N) is 2. The molecule has 216 valence electrons. The van der Waals surface area contributed by atoms with Gasteiger partial charge in [-0.1, -0.05) is 24.3 Å². The van der Waals surface area contributed by atoms with Gasteiger partial charge < -0.3 is 19.9 Å². The first kappa shape index (κ1) is 28.9. The lowest BCUT2D eigenvalue weighted by atomic mass is 9.88. The molecule has 0 radical (unpaired) electrons. The Labute approximate surface area is 234 Å². The number of nitrogens with one attached hydrogen (secondary N) is 2. The number of para-hydroxylation sites is 1. The lowest BCUT2D eigenvalue weighted by Gasteiger charge is -2.38. The molecule has 13 heteroatoms. The van der Waals surface area contributed by atoms with Gasteiger partial charge in [0.1, 0.15) is 23.4 Å². The van der Waals surface area contributed by atoms with Crippen molar-refractivity contribution in [3.05, 3.63) is 60.8 Å². The number of hydrogen-bond donors (Lipinski definition) is 3. The molecule has 0 amide bonds. The largest absolute Gasteiger partial charge is 0.491 e. The third-order valence-electron chi connectivity index (χ3n) is 7.51. The van der Waals surface area contributed by atoms with Crippen LogP contribution in [0, 0.1) is 0 Å². The molecule has 0 aliphatic carbocycles. The molecule has 2 atom stereocenters. The molecule has 2 fully saturated rings. The Kier molecular flexibility index (Phi) is 8.43. The van der Waals surface area contributed by atoms with Gasteiger partial charge in [-0.3, -0.25) is 4.98 Å². The molecule has 40 heavy (non-hydrogen) atoms. The average Bonchev–Trinajstić information content (AvgIpc) is 3.37. The second kappa shape index (κ2) is 11.7. The minimum Gasteiger partial charge on any atom is -0.491 e. The Morgan fingerprint density at radius 1 is 1.10 bits per heavy atom. The molecule has 1 aromatic heterocycles. The van der Waals surface area contributed by atoms with E-state index in [0.717, 1.165) is 17.3 Å². The van der Waals surface area contributed by atoms with Crippen LogP contribution in [0.25, 0.3) is 10.9 Å². The van der Waals surface area contributed by atoms with Crippen molar-refractivity contribution < 1.29 is 31.4 Å². The number of ether oxygens (including phenoxy) is 2. The number of aromatic nitrogens is 1. The summed E-state index contributed by atoms with van der Waals surface area (Å²) in [6.07, 6.45) is 2.50. The first-order valence-electron chi connectivity index (χ1n) is 13.2. The predicted molar refractivity (Wildman–Crippen MR) is 149 cm³/mol. The van der Waals surface area contributed by atoms with Crippen LogP contribution in [0.3, 0.4) is 0 Å². The summed E-state index contributed by atoms with van der Waals surface area (Å²) in [4.78, 5) is 4.59. The summed E-state index contributed by atoms with van der Waals surface area (Å²) in [5.41, 5.74) is 0.356. The van der Waals surface area contributed by atoms with Crippen molar-refractivity contribution >= 4 is 30.9 Å². The summed E-state index contributed by atoms with van der Waals surface area (Å²) in [6, 6.07) is 15.2. The number of sulfonamides is 2. The second-order valence-electron chi connectivity index (χ2n) is 10.2. The van der Waals surface area contributed by atoms with Crippen LogP contribution in [0.2, 0.25) is 0 Å². The van der Waals surface area contributed by atoms with Gasteiger partial charge in [-0.2, -0.15) is 4.31 Å². The maximum Gasteiger partial charge on any atom is 0.244 e. The first-order valence-corrected chi connectivity index (χ1v) is 16.1. The van der Waals surface area contributed by atoms with E-state index in [1.165, 1.54) is 29.7 Å². The molecule has 2 aliphatic heterocycles. The quantitative estimate of drug-likeness (QED) is 0.319. The van der Waals surface area contributed by atoms with Crippen LogP contribution in [0.4, 0.5) is 0 Å². The van der Waals surface area contributed by atoms with Gasteiger partial charge in [0.2, 0.25) is 20.0 Å². The van der Waals surface area contributed by atoms with E-state index in [2.05, 4.69) is 15.0 Å². The van der Waals surface area contributed by atoms with Gasteiger partial charge in [0.15, 0.2) is 0 Å². The van der Waals surface area contributed by atoms with Gasteiger partial charge >= 0.3 is 0 Å². The summed E-state index contributed by atoms with van der Waals surface area (Å²) in [5, 5.41) is 14.5. The highest BCUT2D eigenvalue weighted by molar-refractivity contribution is 7.89. The van der Waals surface area contributed by atoms with E-state index < -0.39 is 31.8 Å². The number of pyridine rings is 1. The summed E-state index contributed by atoms with van der Waals surface area (Å²) in [5.74, 6) is 0.347. The van der Waals surface area contributed by atoms with E-state index >= 15 is 0 Å². The van der Waals surface area contributed by atoms with Crippen molar-refractivity contribution in [2.45, 2.75) is 46.8 Å². The van der Waals surface area contributed by atoms with E-state index in [1.54, 1.807) is 18.2 Å². The Morgan fingerprint density at radius 2 is 1.88 bits per heavy atom. The van der Waals surface area contributed by atoms with Crippen LogP contribution in [0.5, 0.6) is 5.75 Å². The summed E-state index contributed by atoms with van der Waals surface area (Å²) in [7, 11) is -5.91. The molecule has 2 saturated heterocycles. The van der Waals surface area contributed by atoms with Crippen LogP contribution in [-0.4, -0.2) is 88.9 Å². The van der Waals surface area contributed by atoms with Gasteiger partial charge in [-0.25, -0.2) is 21.6 Å². The van der Waals surface area contributed by atoms with Gasteiger partial charge in [-0.15, -0.1) is 0 Å². The SMILES string of the molecule is CNS(=O)(=O)c1cccc(OCC(O)CNC2COC3(CCN(S(=O)(=O)c4cnc5ccccc5c4)CC3)C2)c1. The number of rotatable bonds is 10. The fraction of sp³-hybridized carbons (Fsp3) is 0.444. The summed E-state index contributed by atoms with van der Waals surface area (Å²) >= 11 is 0. The second-order valence-corrected chi connectivity index (χ2v) is 14.0. The smallest absolute Gasteiger partial charge is 0.244 e. The highest BCUT2D eigenvalue weighted by atomic mass is 32.2. The number of aliphatic hydroxyl groups is 1. The maximum absolute atomic E-state index is 13.3. The summed E-state index contributed by atoms with van der Waals surface area (Å²) in [6.45, 7) is 1.46. The number of fused-ring (bicyclic) bond motifs is 1. The molecular weight excluding hydrogens is 556 g/mol. The van der Waals surface area contributed by atoms with Gasteiger partial charge in [-0.05, 0) is 50.6 Å². The Balaban J connectivity index is 1.09. The topological polar surface area (TPSA) is 147 Å². The predicted octanol–water partition coefficient (Wildman–Crippen LogP) is 1.48. The van der Waals surface area contributed by atoms with E-state index in [0.29, 0.717) is 38.3 Å². The van der Waals surface area contributed by atoms with Crippen molar-refractivity contribution in [1.82, 2.24) is 19.3 Å². The van der Waals surface area contributed by atoms with Crippen molar-refractivity contribution in [3.63, 3.8) is 0 Å². The minimum absolute atomic E-state index is 0.00871. The molecule has 3 aromatic rings. The van der Waals surface area contributed by atoms with E-state index in [1.807, 2.05) is 24.3 Å². The van der Waals surface area contributed by atoms with Crippen LogP contribution in [0.1, 0.15) is 19.3 Å². The zero-order valence-corrected chi connectivity index (χ0v) is 23.8. The van der Waals surface area contributed by atoms with Crippen molar-refractivity contribution in [2.24, 2.45) is 0 Å². The number of piperidine rings is 1. The number of aliphatic hydroxyl groups excluding tert-OH is 1. The van der Waals surface area contributed by atoms with E-state index in [-0.39, 0.29) is 29.0 Å². The van der Waals surface area contributed by atoms with Crippen molar-refractivity contribution in [2.75, 3.05) is 39.9 Å². The molecule has 2 aliphatic rings. The van der Waals surface area contributed by atoms with Crippen molar-refractivity contribution in [3.8, 4) is 5.75 Å². The molecule has 2 unspecified atom stereocenters. The Morgan fingerprint density at radius 3 is 2.65 bits per heavy atom. The molecule has 5 rings (SSSR count). The van der Waals surface area contributed by atoms with Crippen LogP contribution in [-0.2, 0) is 24.8 Å². The fourth-order valence-corrected chi connectivity index (χ4v) is 7.39. The average molecular weight is 591 g/mol. The van der Waals surface area contributed by atoms with Crippen LogP contribution >= 0.6 is 0 Å². The Hall–Kier alpha value is -2.65. The first-order chi connectivity index (χ1) is 19.1. The summed E-state index contributed by atoms with van der Waals surface area (Å²) < 4.78 is 66.0. The maximum atomic E-state index is 13.3. The van der Waals surface area contributed by atoms with Gasteiger partial charge in [0.05, 0.1) is 22.6 Å². The van der Waals surface area contributed by atoms with E-state index in [9.17, 15) is 21.9 Å². The van der Waals surface area contributed by atoms with Crippen molar-refractivity contribution in [1.29, 1.82) is 0 Å². The third kappa shape index (κ3) is 6.30. The fourth-order valence-electron chi connectivity index (χ4n) is 5.20. The molecule has 0 saturated carbocycles. The molecule has 2 aromatic carbocycles. The van der Waals surface area contributed by atoms with Crippen LogP contribution < -0.4 is 14.8 Å². The monoisotopic (exact) mass is 590 g/mol. The lowest BCUT2D eigenvalue weighted by molar-refractivity contribution is -0.0312. The van der Waals surface area contributed by atoms with Crippen LogP contribution in [0.15, 0.2) is 70.6 Å². The molecule has 3 N–H and O–H groups in total. The standard InChI is InChI=1S/C27H34N4O7S2/c1-28-39(33,34)24-7-4-6-23(14-24)37-19-22(32)16-29-21-15-27(38-18-21)9-11-31(12-10-27)40(35,36)25-13-20-5-2-3-8-26(20)30-17-25/h2-8,13-14,17,21-22,28-29,32H,9-12,15-16,18-19H2,1H3. The lowest BCUT2D eigenvalue weighted by Crippen LogP contribution is -2.47.